The average molecular weight is 293 g/mol. The van der Waals surface area contributed by atoms with Gasteiger partial charge < -0.3 is 19.9 Å². The summed E-state index contributed by atoms with van der Waals surface area (Å²) < 4.78 is 7.33. The van der Waals surface area contributed by atoms with Crippen LogP contribution >= 0.6 is 0 Å². The Balaban J connectivity index is 1.54. The van der Waals surface area contributed by atoms with Gasteiger partial charge in [0.25, 0.3) is 5.91 Å². The first-order valence-electron chi connectivity index (χ1n) is 7.64. The molecule has 1 amide bonds. The zero-order valence-electron chi connectivity index (χ0n) is 12.5. The van der Waals surface area contributed by atoms with Crippen molar-refractivity contribution in [2.45, 2.75) is 25.9 Å². The third kappa shape index (κ3) is 3.54. The fraction of sp³-hybridized carbons (Fsp3) is 0.714. The summed E-state index contributed by atoms with van der Waals surface area (Å²) >= 11 is 0. The average Bonchev–Trinajstić information content (AvgIpc) is 2.92. The molecule has 1 aromatic rings. The van der Waals surface area contributed by atoms with Crippen molar-refractivity contribution in [2.75, 3.05) is 44.7 Å². The van der Waals surface area contributed by atoms with Gasteiger partial charge in [0.05, 0.1) is 13.2 Å². The molecule has 3 rings (SSSR count). The largest absolute Gasteiger partial charge is 0.379 e. The number of carbonyl (C=O) groups excluding carboxylic acids is 1. The van der Waals surface area contributed by atoms with Crippen LogP contribution in [0.1, 0.15) is 23.8 Å². The number of morpholine rings is 1. The highest BCUT2D eigenvalue weighted by molar-refractivity contribution is 5.92. The highest BCUT2D eigenvalue weighted by Gasteiger charge is 2.19. The van der Waals surface area contributed by atoms with E-state index in [2.05, 4.69) is 20.5 Å². The Morgan fingerprint density at radius 3 is 3.05 bits per heavy atom. The first-order chi connectivity index (χ1) is 10.2. The molecule has 0 aromatic carbocycles. The van der Waals surface area contributed by atoms with E-state index >= 15 is 0 Å². The van der Waals surface area contributed by atoms with Crippen molar-refractivity contribution in [3.8, 4) is 0 Å². The number of hydrogen-bond donors (Lipinski definition) is 2. The number of hydrogen-bond acceptors (Lipinski definition) is 5. The van der Waals surface area contributed by atoms with Gasteiger partial charge in [-0.1, -0.05) is 0 Å². The summed E-state index contributed by atoms with van der Waals surface area (Å²) in [7, 11) is 0. The standard InChI is InChI=1S/C14H23N5O2/c1-11(9-18-5-7-21-8-6-18)16-13(20)12-10-19-4-2-3-15-14(19)17-12/h10-11H,2-9H2,1H3,(H,15,17)(H,16,20). The van der Waals surface area contributed by atoms with E-state index in [1.165, 1.54) is 0 Å². The molecular weight excluding hydrogens is 270 g/mol. The first-order valence-corrected chi connectivity index (χ1v) is 7.64. The van der Waals surface area contributed by atoms with Gasteiger partial charge >= 0.3 is 0 Å². The molecule has 7 nitrogen and oxygen atoms in total. The van der Waals surface area contributed by atoms with Gasteiger partial charge in [-0.2, -0.15) is 0 Å². The second kappa shape index (κ2) is 6.44. The molecule has 1 saturated heterocycles. The maximum absolute atomic E-state index is 12.3. The number of anilines is 1. The number of nitrogens with one attached hydrogen (secondary N) is 2. The van der Waals surface area contributed by atoms with Crippen LogP contribution in [0.25, 0.3) is 0 Å². The number of carbonyl (C=O) groups is 1. The van der Waals surface area contributed by atoms with Crippen LogP contribution in [0.3, 0.4) is 0 Å². The van der Waals surface area contributed by atoms with Gasteiger partial charge in [-0.3, -0.25) is 9.69 Å². The lowest BCUT2D eigenvalue weighted by Crippen LogP contribution is -2.46. The van der Waals surface area contributed by atoms with E-state index in [4.69, 9.17) is 4.74 Å². The molecule has 7 heteroatoms. The molecule has 2 aliphatic heterocycles. The summed E-state index contributed by atoms with van der Waals surface area (Å²) in [4.78, 5) is 18.9. The molecule has 3 heterocycles. The van der Waals surface area contributed by atoms with Gasteiger partial charge in [0.2, 0.25) is 5.95 Å². The van der Waals surface area contributed by atoms with Crippen LogP contribution in [-0.4, -0.2) is 65.8 Å². The quantitative estimate of drug-likeness (QED) is 0.827. The molecule has 0 aliphatic carbocycles. The lowest BCUT2D eigenvalue weighted by atomic mass is 10.2. The minimum atomic E-state index is -0.0977. The lowest BCUT2D eigenvalue weighted by molar-refractivity contribution is 0.0342. The van der Waals surface area contributed by atoms with Crippen molar-refractivity contribution in [1.29, 1.82) is 0 Å². The maximum Gasteiger partial charge on any atom is 0.271 e. The summed E-state index contributed by atoms with van der Waals surface area (Å²) in [5, 5.41) is 6.23. The molecule has 1 fully saturated rings. The predicted molar refractivity (Wildman–Crippen MR) is 79.5 cm³/mol. The molecule has 1 aromatic heterocycles. The number of aromatic nitrogens is 2. The molecule has 2 aliphatic rings. The van der Waals surface area contributed by atoms with E-state index < -0.39 is 0 Å². The van der Waals surface area contributed by atoms with E-state index in [9.17, 15) is 4.79 Å². The third-order valence-electron chi connectivity index (χ3n) is 3.88. The van der Waals surface area contributed by atoms with Gasteiger partial charge in [0.15, 0.2) is 0 Å². The van der Waals surface area contributed by atoms with Gasteiger partial charge in [-0.15, -0.1) is 0 Å². The number of rotatable bonds is 4. The molecule has 1 unspecified atom stereocenters. The highest BCUT2D eigenvalue weighted by Crippen LogP contribution is 2.14. The van der Waals surface area contributed by atoms with Crippen LogP contribution in [0.15, 0.2) is 6.20 Å². The highest BCUT2D eigenvalue weighted by atomic mass is 16.5. The summed E-state index contributed by atoms with van der Waals surface area (Å²) in [6.07, 6.45) is 2.90. The van der Waals surface area contributed by atoms with E-state index in [0.29, 0.717) is 5.69 Å². The Bertz CT molecular complexity index is 472. The SMILES string of the molecule is CC(CN1CCOCC1)NC(=O)c1cn2c(n1)NCCC2. The third-order valence-corrected chi connectivity index (χ3v) is 3.88. The Hall–Kier alpha value is -1.60. The molecule has 21 heavy (non-hydrogen) atoms. The predicted octanol–water partition coefficient (Wildman–Crippen LogP) is 0.149. The Morgan fingerprint density at radius 2 is 2.29 bits per heavy atom. The minimum absolute atomic E-state index is 0.0977. The van der Waals surface area contributed by atoms with Crippen molar-refractivity contribution in [3.63, 3.8) is 0 Å². The molecule has 0 bridgehead atoms. The molecule has 0 spiro atoms. The fourth-order valence-electron chi connectivity index (χ4n) is 2.80. The normalized spacial score (nSPS) is 20.4. The van der Waals surface area contributed by atoms with E-state index in [0.717, 1.165) is 58.3 Å². The van der Waals surface area contributed by atoms with E-state index in [1.807, 2.05) is 17.7 Å². The van der Waals surface area contributed by atoms with Crippen LogP contribution in [0, 0.1) is 0 Å². The second-order valence-corrected chi connectivity index (χ2v) is 5.71. The lowest BCUT2D eigenvalue weighted by Gasteiger charge is -2.29. The zero-order chi connectivity index (χ0) is 14.7. The summed E-state index contributed by atoms with van der Waals surface area (Å²) in [6, 6.07) is 0.0993. The maximum atomic E-state index is 12.3. The van der Waals surface area contributed by atoms with Gasteiger partial charge in [0, 0.05) is 45.0 Å². The summed E-state index contributed by atoms with van der Waals surface area (Å²) in [5.41, 5.74) is 0.494. The number of imidazole rings is 1. The Labute approximate surface area is 124 Å². The molecule has 1 atom stereocenters. The van der Waals surface area contributed by atoms with Crippen molar-refractivity contribution in [2.24, 2.45) is 0 Å². The number of nitrogens with zero attached hydrogens (tertiary/aromatic N) is 3. The molecule has 0 saturated carbocycles. The molecule has 0 radical (unpaired) electrons. The zero-order valence-corrected chi connectivity index (χ0v) is 12.5. The van der Waals surface area contributed by atoms with Crippen molar-refractivity contribution in [3.05, 3.63) is 11.9 Å². The molecule has 2 N–H and O–H groups in total. The smallest absolute Gasteiger partial charge is 0.271 e. The van der Waals surface area contributed by atoms with Gasteiger partial charge in [0.1, 0.15) is 5.69 Å². The minimum Gasteiger partial charge on any atom is -0.379 e. The van der Waals surface area contributed by atoms with Crippen LogP contribution in [0.4, 0.5) is 5.95 Å². The van der Waals surface area contributed by atoms with Crippen molar-refractivity contribution < 1.29 is 9.53 Å². The van der Waals surface area contributed by atoms with Crippen molar-refractivity contribution in [1.82, 2.24) is 19.8 Å². The van der Waals surface area contributed by atoms with Crippen LogP contribution in [-0.2, 0) is 11.3 Å². The molecule has 116 valence electrons. The van der Waals surface area contributed by atoms with Crippen LogP contribution < -0.4 is 10.6 Å². The number of amides is 1. The monoisotopic (exact) mass is 293 g/mol. The molecular formula is C14H23N5O2. The number of aryl methyl sites for hydroxylation is 1. The van der Waals surface area contributed by atoms with Gasteiger partial charge in [-0.25, -0.2) is 4.98 Å². The Kier molecular flexibility index (Phi) is 4.40. The fourth-order valence-corrected chi connectivity index (χ4v) is 2.80. The van der Waals surface area contributed by atoms with Gasteiger partial charge in [-0.05, 0) is 13.3 Å². The van der Waals surface area contributed by atoms with E-state index in [1.54, 1.807) is 0 Å². The second-order valence-electron chi connectivity index (χ2n) is 5.71. The summed E-state index contributed by atoms with van der Waals surface area (Å²) in [5.74, 6) is 0.701. The topological polar surface area (TPSA) is 71.4 Å². The van der Waals surface area contributed by atoms with Crippen LogP contribution in [0.5, 0.6) is 0 Å². The van der Waals surface area contributed by atoms with E-state index in [-0.39, 0.29) is 11.9 Å². The summed E-state index contributed by atoms with van der Waals surface area (Å²) in [6.45, 7) is 8.14. The number of ether oxygens (including phenoxy) is 1. The first kappa shape index (κ1) is 14.3. The van der Waals surface area contributed by atoms with Crippen LogP contribution in [0.2, 0.25) is 0 Å². The van der Waals surface area contributed by atoms with Crippen molar-refractivity contribution >= 4 is 11.9 Å². The Morgan fingerprint density at radius 1 is 1.48 bits per heavy atom. The number of fused-ring (bicyclic) bond motifs is 1.